The summed E-state index contributed by atoms with van der Waals surface area (Å²) in [6.07, 6.45) is 2.12. The highest BCUT2D eigenvalue weighted by Crippen LogP contribution is 2.34. The van der Waals surface area contributed by atoms with E-state index in [4.69, 9.17) is 0 Å². The highest BCUT2D eigenvalue weighted by atomic mass is 32.2. The molecule has 1 aromatic carbocycles. The molecule has 5 heteroatoms. The molecule has 0 aliphatic heterocycles. The molecule has 1 aromatic heterocycles. The fraction of sp³-hybridized carbons (Fsp3) is 0.500. The molecule has 116 valence electrons. The monoisotopic (exact) mass is 326 g/mol. The Morgan fingerprint density at radius 2 is 2.19 bits per heavy atom. The first-order valence-corrected chi connectivity index (χ1v) is 9.45. The summed E-state index contributed by atoms with van der Waals surface area (Å²) in [7, 11) is 2.11. The Morgan fingerprint density at radius 3 is 2.90 bits per heavy atom. The highest BCUT2D eigenvalue weighted by molar-refractivity contribution is 7.98. The van der Waals surface area contributed by atoms with Gasteiger partial charge in [0.05, 0.1) is 0 Å². The molecule has 2 rings (SSSR count). The van der Waals surface area contributed by atoms with Crippen LogP contribution in [0.15, 0.2) is 18.2 Å². The molecule has 21 heavy (non-hydrogen) atoms. The minimum absolute atomic E-state index is 0.0974. The molecule has 0 fully saturated rings. The molecule has 2 aromatic rings. The van der Waals surface area contributed by atoms with E-state index in [9.17, 15) is 4.39 Å². The maximum absolute atomic E-state index is 14.2. The van der Waals surface area contributed by atoms with Crippen molar-refractivity contribution < 1.29 is 4.39 Å². The largest absolute Gasteiger partial charge is 0.312 e. The molecular formula is C16H23FN2S2. The lowest BCUT2D eigenvalue weighted by Crippen LogP contribution is -2.22. The van der Waals surface area contributed by atoms with Gasteiger partial charge in [0.15, 0.2) is 0 Å². The van der Waals surface area contributed by atoms with Gasteiger partial charge in [-0.15, -0.1) is 11.3 Å². The predicted octanol–water partition coefficient (Wildman–Crippen LogP) is 3.94. The summed E-state index contributed by atoms with van der Waals surface area (Å²) in [6, 6.07) is 5.38. The molecule has 0 aliphatic carbocycles. The van der Waals surface area contributed by atoms with Crippen LogP contribution in [-0.4, -0.2) is 37.0 Å². The van der Waals surface area contributed by atoms with Crippen molar-refractivity contribution in [3.8, 4) is 0 Å². The standard InChI is InChI=1S/C16H23FN2S2/c1-4-18-10-15-12(11-19(2)8-9-20-3)16-13(17)6-5-7-14(16)21-15/h5-7,18H,4,8-11H2,1-3H3. The molecule has 0 atom stereocenters. The lowest BCUT2D eigenvalue weighted by Gasteiger charge is -2.17. The predicted molar refractivity (Wildman–Crippen MR) is 93.9 cm³/mol. The van der Waals surface area contributed by atoms with E-state index in [1.54, 1.807) is 23.5 Å². The molecule has 0 aliphatic rings. The summed E-state index contributed by atoms with van der Waals surface area (Å²) in [5, 5.41) is 4.18. The number of rotatable bonds is 8. The number of nitrogens with zero attached hydrogens (tertiary/aromatic N) is 1. The van der Waals surface area contributed by atoms with Gasteiger partial charge in [0.25, 0.3) is 0 Å². The molecule has 1 N–H and O–H groups in total. The third kappa shape index (κ3) is 4.19. The van der Waals surface area contributed by atoms with Crippen LogP contribution in [0.25, 0.3) is 10.1 Å². The number of fused-ring (bicyclic) bond motifs is 1. The molecule has 0 spiro atoms. The first kappa shape index (κ1) is 16.7. The van der Waals surface area contributed by atoms with Gasteiger partial charge >= 0.3 is 0 Å². The number of thiophene rings is 1. The smallest absolute Gasteiger partial charge is 0.132 e. The van der Waals surface area contributed by atoms with Crippen molar-refractivity contribution in [2.24, 2.45) is 0 Å². The van der Waals surface area contributed by atoms with Gasteiger partial charge in [-0.3, -0.25) is 0 Å². The van der Waals surface area contributed by atoms with Crippen LogP contribution in [0.5, 0.6) is 0 Å². The van der Waals surface area contributed by atoms with Crippen LogP contribution in [-0.2, 0) is 13.1 Å². The minimum Gasteiger partial charge on any atom is -0.312 e. The zero-order valence-electron chi connectivity index (χ0n) is 12.9. The van der Waals surface area contributed by atoms with E-state index >= 15 is 0 Å². The van der Waals surface area contributed by atoms with E-state index in [2.05, 4.69) is 30.4 Å². The normalized spacial score (nSPS) is 11.7. The van der Waals surface area contributed by atoms with Crippen LogP contribution in [0.1, 0.15) is 17.4 Å². The van der Waals surface area contributed by atoms with Gasteiger partial charge in [-0.25, -0.2) is 4.39 Å². The number of nitrogens with one attached hydrogen (secondary N) is 1. The van der Waals surface area contributed by atoms with E-state index < -0.39 is 0 Å². The number of hydrogen-bond donors (Lipinski definition) is 1. The summed E-state index contributed by atoms with van der Waals surface area (Å²) in [6.45, 7) is 5.67. The average Bonchev–Trinajstić information content (AvgIpc) is 2.82. The Kier molecular flexibility index (Phi) is 6.48. The zero-order valence-corrected chi connectivity index (χ0v) is 14.5. The summed E-state index contributed by atoms with van der Waals surface area (Å²) in [5.74, 6) is 1.00. The van der Waals surface area contributed by atoms with Gasteiger partial charge < -0.3 is 10.2 Å². The quantitative estimate of drug-likeness (QED) is 0.791. The Bertz CT molecular complexity index is 583. The lowest BCUT2D eigenvalue weighted by atomic mass is 10.1. The van der Waals surface area contributed by atoms with Crippen molar-refractivity contribution in [2.75, 3.05) is 32.1 Å². The molecule has 0 saturated heterocycles. The van der Waals surface area contributed by atoms with E-state index in [0.717, 1.165) is 47.6 Å². The molecule has 0 amide bonds. The average molecular weight is 327 g/mol. The summed E-state index contributed by atoms with van der Waals surface area (Å²) in [4.78, 5) is 3.54. The molecule has 0 unspecified atom stereocenters. The van der Waals surface area contributed by atoms with Crippen LogP contribution in [0.4, 0.5) is 4.39 Å². The van der Waals surface area contributed by atoms with Gasteiger partial charge in [0, 0.05) is 40.4 Å². The SMILES string of the molecule is CCNCc1sc2cccc(F)c2c1CN(C)CCSC. The summed E-state index contributed by atoms with van der Waals surface area (Å²) >= 11 is 3.55. The van der Waals surface area contributed by atoms with Crippen LogP contribution in [0.2, 0.25) is 0 Å². The summed E-state index contributed by atoms with van der Waals surface area (Å²) in [5.41, 5.74) is 1.15. The van der Waals surface area contributed by atoms with Gasteiger partial charge in [0.1, 0.15) is 5.82 Å². The molecular weight excluding hydrogens is 303 g/mol. The maximum atomic E-state index is 14.2. The fourth-order valence-corrected chi connectivity index (χ4v) is 4.05. The fourth-order valence-electron chi connectivity index (χ4n) is 2.36. The number of thioether (sulfide) groups is 1. The second-order valence-electron chi connectivity index (χ2n) is 5.13. The highest BCUT2D eigenvalue weighted by Gasteiger charge is 2.16. The van der Waals surface area contributed by atoms with Crippen molar-refractivity contribution in [2.45, 2.75) is 20.0 Å². The number of halogens is 1. The third-order valence-corrected chi connectivity index (χ3v) is 5.28. The first-order valence-electron chi connectivity index (χ1n) is 7.24. The van der Waals surface area contributed by atoms with Crippen LogP contribution in [0.3, 0.4) is 0 Å². The van der Waals surface area contributed by atoms with E-state index in [0.29, 0.717) is 0 Å². The molecule has 0 saturated carbocycles. The second kappa shape index (κ2) is 8.13. The van der Waals surface area contributed by atoms with E-state index in [1.807, 2.05) is 17.8 Å². The lowest BCUT2D eigenvalue weighted by molar-refractivity contribution is 0.349. The van der Waals surface area contributed by atoms with Crippen molar-refractivity contribution in [3.63, 3.8) is 0 Å². The molecule has 1 heterocycles. The number of hydrogen-bond acceptors (Lipinski definition) is 4. The van der Waals surface area contributed by atoms with Crippen molar-refractivity contribution in [1.82, 2.24) is 10.2 Å². The Morgan fingerprint density at radius 1 is 1.38 bits per heavy atom. The van der Waals surface area contributed by atoms with Gasteiger partial charge in [-0.05, 0) is 37.5 Å². The zero-order chi connectivity index (χ0) is 15.2. The van der Waals surface area contributed by atoms with Crippen LogP contribution in [0, 0.1) is 5.82 Å². The topological polar surface area (TPSA) is 15.3 Å². The van der Waals surface area contributed by atoms with Crippen molar-refractivity contribution in [1.29, 1.82) is 0 Å². The van der Waals surface area contributed by atoms with Crippen LogP contribution >= 0.6 is 23.1 Å². The van der Waals surface area contributed by atoms with Crippen molar-refractivity contribution >= 4 is 33.2 Å². The molecule has 2 nitrogen and oxygen atoms in total. The van der Waals surface area contributed by atoms with Crippen molar-refractivity contribution in [3.05, 3.63) is 34.5 Å². The first-order chi connectivity index (χ1) is 10.2. The molecule has 0 bridgehead atoms. The van der Waals surface area contributed by atoms with Gasteiger partial charge in [0.2, 0.25) is 0 Å². The molecule has 0 radical (unpaired) electrons. The Labute approximate surface area is 134 Å². The summed E-state index contributed by atoms with van der Waals surface area (Å²) < 4.78 is 15.3. The third-order valence-electron chi connectivity index (χ3n) is 3.49. The van der Waals surface area contributed by atoms with Crippen LogP contribution < -0.4 is 5.32 Å². The van der Waals surface area contributed by atoms with E-state index in [-0.39, 0.29) is 5.82 Å². The second-order valence-corrected chi connectivity index (χ2v) is 7.25. The minimum atomic E-state index is -0.0974. The maximum Gasteiger partial charge on any atom is 0.132 e. The van der Waals surface area contributed by atoms with Gasteiger partial charge in [-0.2, -0.15) is 11.8 Å². The Balaban J connectivity index is 2.32. The van der Waals surface area contributed by atoms with E-state index in [1.165, 1.54) is 4.88 Å². The number of benzene rings is 1. The Hall–Kier alpha value is -0.620. The van der Waals surface area contributed by atoms with Gasteiger partial charge in [-0.1, -0.05) is 13.0 Å².